The van der Waals surface area contributed by atoms with E-state index in [0.29, 0.717) is 37.6 Å². The van der Waals surface area contributed by atoms with E-state index in [0.717, 1.165) is 17.0 Å². The van der Waals surface area contributed by atoms with Gasteiger partial charge in [-0.3, -0.25) is 4.79 Å². The van der Waals surface area contributed by atoms with Gasteiger partial charge in [-0.15, -0.1) is 0 Å². The van der Waals surface area contributed by atoms with E-state index >= 15 is 0 Å². The van der Waals surface area contributed by atoms with Gasteiger partial charge in [0.2, 0.25) is 5.91 Å². The highest BCUT2D eigenvalue weighted by atomic mass is 16.5. The average molecular weight is 396 g/mol. The molecule has 7 heteroatoms. The first-order chi connectivity index (χ1) is 14.1. The topological polar surface area (TPSA) is 77.1 Å². The van der Waals surface area contributed by atoms with Gasteiger partial charge in [-0.2, -0.15) is 0 Å². The Morgan fingerprint density at radius 2 is 1.79 bits per heavy atom. The van der Waals surface area contributed by atoms with Crippen LogP contribution in [0.1, 0.15) is 15.9 Å². The molecule has 29 heavy (non-hydrogen) atoms. The van der Waals surface area contributed by atoms with Gasteiger partial charge in [-0.25, -0.2) is 4.79 Å². The van der Waals surface area contributed by atoms with Crippen LogP contribution in [0, 0.1) is 0 Å². The second kappa shape index (κ2) is 9.75. The van der Waals surface area contributed by atoms with Gasteiger partial charge in [0.25, 0.3) is 0 Å². The first-order valence-electron chi connectivity index (χ1n) is 9.29. The zero-order valence-corrected chi connectivity index (χ0v) is 16.5. The van der Waals surface area contributed by atoms with Crippen molar-refractivity contribution in [2.75, 3.05) is 50.7 Å². The van der Waals surface area contributed by atoms with E-state index in [9.17, 15) is 9.59 Å². The zero-order valence-electron chi connectivity index (χ0n) is 16.5. The molecule has 152 valence electrons. The van der Waals surface area contributed by atoms with E-state index in [1.54, 1.807) is 25.3 Å². The van der Waals surface area contributed by atoms with Crippen molar-refractivity contribution >= 4 is 29.3 Å². The number of esters is 1. The number of anilines is 2. The summed E-state index contributed by atoms with van der Waals surface area (Å²) in [5, 5.41) is 2.78. The van der Waals surface area contributed by atoms with E-state index < -0.39 is 5.97 Å². The summed E-state index contributed by atoms with van der Waals surface area (Å²) in [6.07, 6.45) is 3.15. The van der Waals surface area contributed by atoms with E-state index in [-0.39, 0.29) is 5.91 Å². The van der Waals surface area contributed by atoms with E-state index in [2.05, 4.69) is 10.2 Å². The minimum atomic E-state index is -0.448. The molecule has 0 atom stereocenters. The number of rotatable bonds is 6. The molecule has 1 fully saturated rings. The zero-order chi connectivity index (χ0) is 20.6. The quantitative estimate of drug-likeness (QED) is 0.598. The SMILES string of the molecule is COC(=O)c1cc(NC(=O)/C=C/c2ccc(OC)cc2)ccc1N1CCOCC1. The largest absolute Gasteiger partial charge is 0.497 e. The van der Waals surface area contributed by atoms with Crippen molar-refractivity contribution in [2.45, 2.75) is 0 Å². The fourth-order valence-corrected chi connectivity index (χ4v) is 3.04. The lowest BCUT2D eigenvalue weighted by Gasteiger charge is -2.30. The Hall–Kier alpha value is -3.32. The van der Waals surface area contributed by atoms with E-state index in [4.69, 9.17) is 14.2 Å². The van der Waals surface area contributed by atoms with Crippen molar-refractivity contribution in [3.8, 4) is 5.75 Å². The maximum absolute atomic E-state index is 12.3. The standard InChI is InChI=1S/C22H24N2O5/c1-27-18-7-3-16(4-8-18)5-10-21(25)23-17-6-9-20(19(15-17)22(26)28-2)24-11-13-29-14-12-24/h3-10,15H,11-14H2,1-2H3,(H,23,25)/b10-5+. The molecule has 0 radical (unpaired) electrons. The first-order valence-corrected chi connectivity index (χ1v) is 9.29. The normalized spacial score (nSPS) is 13.9. The second-order valence-electron chi connectivity index (χ2n) is 6.42. The fraction of sp³-hybridized carbons (Fsp3) is 0.273. The van der Waals surface area contributed by atoms with Crippen LogP contribution in [-0.4, -0.2) is 52.4 Å². The van der Waals surface area contributed by atoms with Crippen LogP contribution >= 0.6 is 0 Å². The molecular weight excluding hydrogens is 372 g/mol. The predicted octanol–water partition coefficient (Wildman–Crippen LogP) is 2.97. The maximum atomic E-state index is 12.3. The number of carbonyl (C=O) groups excluding carboxylic acids is 2. The summed E-state index contributed by atoms with van der Waals surface area (Å²) >= 11 is 0. The van der Waals surface area contributed by atoms with Crippen LogP contribution in [0.4, 0.5) is 11.4 Å². The summed E-state index contributed by atoms with van der Waals surface area (Å²) in [6, 6.07) is 12.6. The van der Waals surface area contributed by atoms with Gasteiger partial charge in [0.1, 0.15) is 5.75 Å². The van der Waals surface area contributed by atoms with Crippen molar-refractivity contribution in [2.24, 2.45) is 0 Å². The highest BCUT2D eigenvalue weighted by Crippen LogP contribution is 2.26. The lowest BCUT2D eigenvalue weighted by Crippen LogP contribution is -2.37. The fourth-order valence-electron chi connectivity index (χ4n) is 3.04. The van der Waals surface area contributed by atoms with Crippen LogP contribution in [0.15, 0.2) is 48.5 Å². The molecule has 0 spiro atoms. The van der Waals surface area contributed by atoms with Crippen LogP contribution in [0.2, 0.25) is 0 Å². The number of methoxy groups -OCH3 is 2. The third-order valence-corrected chi connectivity index (χ3v) is 4.56. The lowest BCUT2D eigenvalue weighted by atomic mass is 10.1. The summed E-state index contributed by atoms with van der Waals surface area (Å²) < 4.78 is 15.4. The molecule has 1 heterocycles. The Kier molecular flexibility index (Phi) is 6.86. The van der Waals surface area contributed by atoms with Crippen molar-refractivity contribution in [1.29, 1.82) is 0 Å². The Labute approximate surface area is 169 Å². The minimum absolute atomic E-state index is 0.296. The lowest BCUT2D eigenvalue weighted by molar-refractivity contribution is -0.111. The molecule has 0 bridgehead atoms. The molecule has 1 aliphatic rings. The van der Waals surface area contributed by atoms with Gasteiger partial charge in [0, 0.05) is 24.9 Å². The number of morpholine rings is 1. The highest BCUT2D eigenvalue weighted by Gasteiger charge is 2.20. The predicted molar refractivity (Wildman–Crippen MR) is 111 cm³/mol. The van der Waals surface area contributed by atoms with Gasteiger partial charge < -0.3 is 24.4 Å². The summed E-state index contributed by atoms with van der Waals surface area (Å²) in [4.78, 5) is 26.6. The molecule has 0 aromatic heterocycles. The average Bonchev–Trinajstić information content (AvgIpc) is 2.78. The smallest absolute Gasteiger partial charge is 0.340 e. The van der Waals surface area contributed by atoms with Crippen LogP contribution in [-0.2, 0) is 14.3 Å². The number of hydrogen-bond donors (Lipinski definition) is 1. The van der Waals surface area contributed by atoms with Crippen molar-refractivity contribution in [1.82, 2.24) is 0 Å². The molecule has 0 unspecified atom stereocenters. The molecule has 2 aromatic carbocycles. The molecule has 0 saturated carbocycles. The molecule has 1 aliphatic heterocycles. The number of nitrogens with zero attached hydrogens (tertiary/aromatic N) is 1. The molecular formula is C22H24N2O5. The first kappa shape index (κ1) is 20.4. The Morgan fingerprint density at radius 3 is 2.45 bits per heavy atom. The number of hydrogen-bond acceptors (Lipinski definition) is 6. The molecule has 1 N–H and O–H groups in total. The third-order valence-electron chi connectivity index (χ3n) is 4.56. The number of amides is 1. The summed E-state index contributed by atoms with van der Waals surface area (Å²) in [7, 11) is 2.94. The molecule has 0 aliphatic carbocycles. The summed E-state index contributed by atoms with van der Waals surface area (Å²) in [5.74, 6) is 0.00872. The van der Waals surface area contributed by atoms with Crippen molar-refractivity contribution in [3.05, 3.63) is 59.7 Å². The van der Waals surface area contributed by atoms with Crippen molar-refractivity contribution < 1.29 is 23.8 Å². The minimum Gasteiger partial charge on any atom is -0.497 e. The van der Waals surface area contributed by atoms with Crippen LogP contribution in [0.25, 0.3) is 6.08 Å². The molecule has 1 amide bonds. The molecule has 2 aromatic rings. The Morgan fingerprint density at radius 1 is 1.07 bits per heavy atom. The molecule has 3 rings (SSSR count). The summed E-state index contributed by atoms with van der Waals surface area (Å²) in [5.41, 5.74) is 2.57. The summed E-state index contributed by atoms with van der Waals surface area (Å²) in [6.45, 7) is 2.60. The van der Waals surface area contributed by atoms with Crippen molar-refractivity contribution in [3.63, 3.8) is 0 Å². The Balaban J connectivity index is 1.73. The third kappa shape index (κ3) is 5.36. The van der Waals surface area contributed by atoms with Crippen LogP contribution in [0.3, 0.4) is 0 Å². The van der Waals surface area contributed by atoms with Gasteiger partial charge in [0.05, 0.1) is 38.7 Å². The second-order valence-corrected chi connectivity index (χ2v) is 6.42. The Bertz CT molecular complexity index is 887. The maximum Gasteiger partial charge on any atom is 0.340 e. The van der Waals surface area contributed by atoms with Gasteiger partial charge in [0.15, 0.2) is 0 Å². The number of carbonyl (C=O) groups is 2. The van der Waals surface area contributed by atoms with Gasteiger partial charge in [-0.05, 0) is 42.0 Å². The molecule has 1 saturated heterocycles. The van der Waals surface area contributed by atoms with Gasteiger partial charge in [-0.1, -0.05) is 12.1 Å². The van der Waals surface area contributed by atoms with Gasteiger partial charge >= 0.3 is 5.97 Å². The number of benzene rings is 2. The van der Waals surface area contributed by atoms with E-state index in [1.165, 1.54) is 13.2 Å². The van der Waals surface area contributed by atoms with E-state index in [1.807, 2.05) is 30.3 Å². The monoisotopic (exact) mass is 396 g/mol. The number of nitrogens with one attached hydrogen (secondary N) is 1. The molecule has 7 nitrogen and oxygen atoms in total. The van der Waals surface area contributed by atoms with Crippen LogP contribution < -0.4 is 15.0 Å². The highest BCUT2D eigenvalue weighted by molar-refractivity contribution is 6.03. The number of ether oxygens (including phenoxy) is 3. The van der Waals surface area contributed by atoms with Crippen LogP contribution in [0.5, 0.6) is 5.75 Å².